The van der Waals surface area contributed by atoms with E-state index in [2.05, 4.69) is 45.0 Å². The highest BCUT2D eigenvalue weighted by Gasteiger charge is 2.56. The molecule has 1 aliphatic carbocycles. The molecule has 1 saturated heterocycles. The number of hydrogen-bond acceptors (Lipinski definition) is 2. The van der Waals surface area contributed by atoms with Crippen LogP contribution in [-0.2, 0) is 15.2 Å². The van der Waals surface area contributed by atoms with Crippen molar-refractivity contribution in [1.29, 1.82) is 0 Å². The van der Waals surface area contributed by atoms with E-state index >= 15 is 0 Å². The van der Waals surface area contributed by atoms with Crippen LogP contribution >= 0.6 is 0 Å². The molecule has 1 spiro atoms. The normalized spacial score (nSPS) is 26.4. The molecule has 1 saturated carbocycles. The first-order chi connectivity index (χ1) is 8.01. The summed E-state index contributed by atoms with van der Waals surface area (Å²) in [5, 5.41) is 0. The molecule has 0 bridgehead atoms. The Bertz CT molecular complexity index is 404. The van der Waals surface area contributed by atoms with Crippen LogP contribution in [0.4, 0.5) is 0 Å². The SMILES string of the molecule is CC(C)(C)c1ccc(C2OOC23CCC3)cc1. The molecule has 1 atom stereocenters. The van der Waals surface area contributed by atoms with Gasteiger partial charge in [-0.1, -0.05) is 45.0 Å². The Morgan fingerprint density at radius 3 is 2.12 bits per heavy atom. The van der Waals surface area contributed by atoms with Crippen LogP contribution in [-0.4, -0.2) is 5.60 Å². The zero-order valence-corrected chi connectivity index (χ0v) is 10.8. The lowest BCUT2D eigenvalue weighted by Gasteiger charge is -2.52. The highest BCUT2D eigenvalue weighted by Crippen LogP contribution is 2.54. The van der Waals surface area contributed by atoms with Gasteiger partial charge in [0.05, 0.1) is 0 Å². The average molecular weight is 232 g/mol. The maximum absolute atomic E-state index is 5.32. The van der Waals surface area contributed by atoms with Crippen molar-refractivity contribution in [3.8, 4) is 0 Å². The molecule has 3 rings (SSSR count). The summed E-state index contributed by atoms with van der Waals surface area (Å²) in [6, 6.07) is 8.80. The third kappa shape index (κ3) is 1.71. The van der Waals surface area contributed by atoms with Crippen molar-refractivity contribution < 1.29 is 9.78 Å². The van der Waals surface area contributed by atoms with Gasteiger partial charge in [-0.05, 0) is 35.8 Å². The number of benzene rings is 1. The van der Waals surface area contributed by atoms with Crippen molar-refractivity contribution >= 4 is 0 Å². The summed E-state index contributed by atoms with van der Waals surface area (Å²) < 4.78 is 0. The molecule has 2 nitrogen and oxygen atoms in total. The number of hydrogen-bond donors (Lipinski definition) is 0. The summed E-state index contributed by atoms with van der Waals surface area (Å²) in [5.41, 5.74) is 2.85. The second kappa shape index (κ2) is 3.56. The summed E-state index contributed by atoms with van der Waals surface area (Å²) in [7, 11) is 0. The van der Waals surface area contributed by atoms with Gasteiger partial charge >= 0.3 is 0 Å². The monoisotopic (exact) mass is 232 g/mol. The van der Waals surface area contributed by atoms with Gasteiger partial charge in [0, 0.05) is 0 Å². The zero-order chi connectivity index (χ0) is 12.1. The first-order valence-corrected chi connectivity index (χ1v) is 6.46. The Hall–Kier alpha value is -0.860. The van der Waals surface area contributed by atoms with Crippen LogP contribution in [0, 0.1) is 0 Å². The molecule has 2 heteroatoms. The van der Waals surface area contributed by atoms with Crippen LogP contribution in [0.5, 0.6) is 0 Å². The predicted octanol–water partition coefficient (Wildman–Crippen LogP) is 3.91. The van der Waals surface area contributed by atoms with E-state index in [0.717, 1.165) is 12.8 Å². The van der Waals surface area contributed by atoms with E-state index in [9.17, 15) is 0 Å². The lowest BCUT2D eigenvalue weighted by Crippen LogP contribution is -2.55. The molecule has 2 aliphatic rings. The average Bonchev–Trinajstić information content (AvgIpc) is 2.13. The van der Waals surface area contributed by atoms with Gasteiger partial charge in [0.2, 0.25) is 0 Å². The second-order valence-corrected chi connectivity index (χ2v) is 6.35. The fraction of sp³-hybridized carbons (Fsp3) is 0.600. The Morgan fingerprint density at radius 2 is 1.76 bits per heavy atom. The van der Waals surface area contributed by atoms with Crippen LogP contribution in [0.2, 0.25) is 0 Å². The van der Waals surface area contributed by atoms with E-state index in [1.54, 1.807) is 0 Å². The minimum atomic E-state index is 0.0171. The van der Waals surface area contributed by atoms with Crippen molar-refractivity contribution in [3.63, 3.8) is 0 Å². The second-order valence-electron chi connectivity index (χ2n) is 6.35. The Kier molecular flexibility index (Phi) is 2.36. The van der Waals surface area contributed by atoms with Crippen molar-refractivity contribution in [3.05, 3.63) is 35.4 Å². The van der Waals surface area contributed by atoms with Crippen molar-refractivity contribution in [2.75, 3.05) is 0 Å². The molecule has 2 fully saturated rings. The molecule has 92 valence electrons. The molecule has 1 aliphatic heterocycles. The topological polar surface area (TPSA) is 18.5 Å². The van der Waals surface area contributed by atoms with Crippen LogP contribution < -0.4 is 0 Å². The summed E-state index contributed by atoms with van der Waals surface area (Å²) in [6.07, 6.45) is 3.70. The van der Waals surface area contributed by atoms with Crippen molar-refractivity contribution in [2.45, 2.75) is 57.2 Å². The third-order valence-electron chi connectivity index (χ3n) is 4.07. The molecule has 1 aromatic carbocycles. The number of rotatable bonds is 1. The van der Waals surface area contributed by atoms with E-state index in [1.807, 2.05) is 0 Å². The first kappa shape index (κ1) is 11.2. The Labute approximate surface area is 103 Å². The molecule has 1 aromatic rings. The van der Waals surface area contributed by atoms with Gasteiger partial charge in [-0.15, -0.1) is 0 Å². The Balaban J connectivity index is 1.81. The van der Waals surface area contributed by atoms with Gasteiger partial charge in [0.1, 0.15) is 11.7 Å². The van der Waals surface area contributed by atoms with E-state index in [-0.39, 0.29) is 17.1 Å². The highest BCUT2D eigenvalue weighted by atomic mass is 17.3. The quantitative estimate of drug-likeness (QED) is 0.683. The van der Waals surface area contributed by atoms with E-state index in [0.29, 0.717) is 0 Å². The maximum atomic E-state index is 5.32. The molecule has 17 heavy (non-hydrogen) atoms. The zero-order valence-electron chi connectivity index (χ0n) is 10.8. The third-order valence-corrected chi connectivity index (χ3v) is 4.07. The lowest BCUT2D eigenvalue weighted by atomic mass is 9.72. The Morgan fingerprint density at radius 1 is 1.12 bits per heavy atom. The van der Waals surface area contributed by atoms with Crippen LogP contribution in [0.1, 0.15) is 57.3 Å². The maximum Gasteiger partial charge on any atom is 0.150 e. The minimum absolute atomic E-state index is 0.0171. The molecule has 0 radical (unpaired) electrons. The smallest absolute Gasteiger partial charge is 0.150 e. The van der Waals surface area contributed by atoms with E-state index in [1.165, 1.54) is 17.5 Å². The predicted molar refractivity (Wildman–Crippen MR) is 66.6 cm³/mol. The van der Waals surface area contributed by atoms with Crippen molar-refractivity contribution in [2.24, 2.45) is 0 Å². The van der Waals surface area contributed by atoms with Gasteiger partial charge in [0.25, 0.3) is 0 Å². The largest absolute Gasteiger partial charge is 0.226 e. The molecule has 1 unspecified atom stereocenters. The molecule has 0 N–H and O–H groups in total. The van der Waals surface area contributed by atoms with E-state index in [4.69, 9.17) is 9.78 Å². The summed E-state index contributed by atoms with van der Waals surface area (Å²) in [5.74, 6) is 0. The minimum Gasteiger partial charge on any atom is -0.226 e. The lowest BCUT2D eigenvalue weighted by molar-refractivity contribution is -0.532. The van der Waals surface area contributed by atoms with Crippen LogP contribution in [0.3, 0.4) is 0 Å². The summed E-state index contributed by atoms with van der Waals surface area (Å²) in [4.78, 5) is 10.6. The van der Waals surface area contributed by atoms with Gasteiger partial charge in [-0.25, -0.2) is 9.78 Å². The first-order valence-electron chi connectivity index (χ1n) is 6.46. The fourth-order valence-corrected chi connectivity index (χ4v) is 2.62. The van der Waals surface area contributed by atoms with Gasteiger partial charge in [-0.2, -0.15) is 0 Å². The molecule has 0 aromatic heterocycles. The summed E-state index contributed by atoms with van der Waals surface area (Å²) in [6.45, 7) is 6.70. The van der Waals surface area contributed by atoms with Crippen molar-refractivity contribution in [1.82, 2.24) is 0 Å². The standard InChI is InChI=1S/C15H20O2/c1-14(2,3)12-7-5-11(6-8-12)13-15(17-16-13)9-4-10-15/h5-8,13H,4,9-10H2,1-3H3. The van der Waals surface area contributed by atoms with Crippen LogP contribution in [0.15, 0.2) is 24.3 Å². The molecule has 1 heterocycles. The highest BCUT2D eigenvalue weighted by molar-refractivity contribution is 5.31. The molecular formula is C15H20O2. The fourth-order valence-electron chi connectivity index (χ4n) is 2.62. The van der Waals surface area contributed by atoms with Gasteiger partial charge in [-0.3, -0.25) is 0 Å². The molecular weight excluding hydrogens is 212 g/mol. The van der Waals surface area contributed by atoms with Gasteiger partial charge < -0.3 is 0 Å². The molecule has 0 amide bonds. The van der Waals surface area contributed by atoms with E-state index < -0.39 is 0 Å². The van der Waals surface area contributed by atoms with Crippen LogP contribution in [0.25, 0.3) is 0 Å². The summed E-state index contributed by atoms with van der Waals surface area (Å²) >= 11 is 0. The van der Waals surface area contributed by atoms with Gasteiger partial charge in [0.15, 0.2) is 0 Å².